The molecule has 22 heavy (non-hydrogen) atoms. The van der Waals surface area contributed by atoms with Gasteiger partial charge in [-0.2, -0.15) is 0 Å². The first-order valence-electron chi connectivity index (χ1n) is 7.35. The van der Waals surface area contributed by atoms with Gasteiger partial charge in [-0.05, 0) is 45.7 Å². The number of aromatic amines is 1. The van der Waals surface area contributed by atoms with E-state index in [2.05, 4.69) is 29.9 Å². The molecule has 0 bridgehead atoms. The van der Waals surface area contributed by atoms with Crippen LogP contribution in [0.25, 0.3) is 11.0 Å². The summed E-state index contributed by atoms with van der Waals surface area (Å²) in [6, 6.07) is 7.31. The van der Waals surface area contributed by atoms with Crippen molar-refractivity contribution >= 4 is 20.9 Å². The predicted molar refractivity (Wildman–Crippen MR) is 90.6 cm³/mol. The first kappa shape index (κ1) is 16.5. The molecule has 2 rings (SSSR count). The number of hydrogen-bond donors (Lipinski definition) is 1. The van der Waals surface area contributed by atoms with Crippen LogP contribution < -0.4 is 0 Å². The van der Waals surface area contributed by atoms with E-state index in [1.54, 1.807) is 12.1 Å². The Kier molecular flexibility index (Phi) is 5.19. The molecule has 0 aliphatic rings. The van der Waals surface area contributed by atoms with E-state index in [0.717, 1.165) is 23.9 Å². The van der Waals surface area contributed by atoms with Crippen molar-refractivity contribution in [1.29, 1.82) is 0 Å². The van der Waals surface area contributed by atoms with Gasteiger partial charge < -0.3 is 4.98 Å². The van der Waals surface area contributed by atoms with E-state index in [0.29, 0.717) is 5.52 Å². The van der Waals surface area contributed by atoms with E-state index in [1.165, 1.54) is 5.57 Å². The minimum Gasteiger partial charge on any atom is -0.329 e. The second-order valence-electron chi connectivity index (χ2n) is 5.71. The second kappa shape index (κ2) is 6.92. The first-order chi connectivity index (χ1) is 10.4. The molecule has 1 N–H and O–H groups in total. The van der Waals surface area contributed by atoms with Crippen molar-refractivity contribution in [2.24, 2.45) is 0 Å². The standard InChI is InChI=1S/C17H22N2O2S/c1-13(2)7-6-8-14(3)11-12-22(20,21)17-18-15-9-4-5-10-16(15)19-17/h4-5,7,9-11H,6,8,12H2,1-3H3,(H,18,19)/b14-11+. The molecule has 0 atom stereocenters. The van der Waals surface area contributed by atoms with Gasteiger partial charge in [0.25, 0.3) is 0 Å². The lowest BCUT2D eigenvalue weighted by Crippen LogP contribution is -2.07. The smallest absolute Gasteiger partial charge is 0.226 e. The Morgan fingerprint density at radius 2 is 1.91 bits per heavy atom. The van der Waals surface area contributed by atoms with Gasteiger partial charge in [-0.25, -0.2) is 13.4 Å². The van der Waals surface area contributed by atoms with Gasteiger partial charge in [-0.1, -0.05) is 35.4 Å². The molecule has 0 saturated carbocycles. The molecule has 1 aromatic carbocycles. The van der Waals surface area contributed by atoms with Gasteiger partial charge in [-0.15, -0.1) is 0 Å². The Morgan fingerprint density at radius 3 is 2.59 bits per heavy atom. The van der Waals surface area contributed by atoms with Gasteiger partial charge in [-0.3, -0.25) is 0 Å². The van der Waals surface area contributed by atoms with Crippen LogP contribution in [0, 0.1) is 0 Å². The fourth-order valence-electron chi connectivity index (χ4n) is 2.10. The maximum absolute atomic E-state index is 12.3. The number of imidazole rings is 1. The summed E-state index contributed by atoms with van der Waals surface area (Å²) >= 11 is 0. The lowest BCUT2D eigenvalue weighted by atomic mass is 10.1. The molecule has 0 unspecified atom stereocenters. The number of benzene rings is 1. The topological polar surface area (TPSA) is 62.8 Å². The monoisotopic (exact) mass is 318 g/mol. The normalized spacial score (nSPS) is 12.6. The van der Waals surface area contributed by atoms with E-state index < -0.39 is 9.84 Å². The number of nitrogens with one attached hydrogen (secondary N) is 1. The molecule has 0 saturated heterocycles. The highest BCUT2D eigenvalue weighted by Crippen LogP contribution is 2.16. The molecule has 0 radical (unpaired) electrons. The number of allylic oxidation sites excluding steroid dienone is 3. The van der Waals surface area contributed by atoms with Crippen LogP contribution in [0.15, 0.2) is 52.7 Å². The zero-order valence-electron chi connectivity index (χ0n) is 13.3. The zero-order valence-corrected chi connectivity index (χ0v) is 14.1. The van der Waals surface area contributed by atoms with E-state index >= 15 is 0 Å². The lowest BCUT2D eigenvalue weighted by Gasteiger charge is -2.00. The van der Waals surface area contributed by atoms with E-state index in [1.807, 2.05) is 25.1 Å². The highest BCUT2D eigenvalue weighted by molar-refractivity contribution is 7.91. The molecular weight excluding hydrogens is 296 g/mol. The largest absolute Gasteiger partial charge is 0.329 e. The van der Waals surface area contributed by atoms with Crippen LogP contribution in [0.1, 0.15) is 33.6 Å². The summed E-state index contributed by atoms with van der Waals surface area (Å²) in [6.07, 6.45) is 5.75. The van der Waals surface area contributed by atoms with Gasteiger partial charge in [0.2, 0.25) is 15.0 Å². The number of H-pyrrole nitrogens is 1. The first-order valence-corrected chi connectivity index (χ1v) is 9.00. The van der Waals surface area contributed by atoms with E-state index in [9.17, 15) is 8.42 Å². The summed E-state index contributed by atoms with van der Waals surface area (Å²) in [5, 5.41) is 0.0436. The van der Waals surface area contributed by atoms with Gasteiger partial charge >= 0.3 is 0 Å². The van der Waals surface area contributed by atoms with Crippen molar-refractivity contribution in [3.63, 3.8) is 0 Å². The maximum atomic E-state index is 12.3. The van der Waals surface area contributed by atoms with Crippen LogP contribution in [-0.4, -0.2) is 24.1 Å². The third-order valence-corrected chi connectivity index (χ3v) is 4.79. The van der Waals surface area contributed by atoms with E-state index in [4.69, 9.17) is 0 Å². The zero-order chi connectivity index (χ0) is 16.2. The van der Waals surface area contributed by atoms with Gasteiger partial charge in [0, 0.05) is 0 Å². The molecule has 0 amide bonds. The predicted octanol–water partition coefficient (Wildman–Crippen LogP) is 4.03. The number of nitrogens with zero attached hydrogens (tertiary/aromatic N) is 1. The number of fused-ring (bicyclic) bond motifs is 1. The second-order valence-corrected chi connectivity index (χ2v) is 7.66. The molecule has 5 heteroatoms. The molecule has 0 spiro atoms. The summed E-state index contributed by atoms with van der Waals surface area (Å²) in [6.45, 7) is 6.09. The lowest BCUT2D eigenvalue weighted by molar-refractivity contribution is 0.592. The summed E-state index contributed by atoms with van der Waals surface area (Å²) in [5.74, 6) is -0.0204. The Balaban J connectivity index is 2.09. The maximum Gasteiger partial charge on any atom is 0.226 e. The van der Waals surface area contributed by atoms with Gasteiger partial charge in [0.05, 0.1) is 16.8 Å². The van der Waals surface area contributed by atoms with Crippen LogP contribution in [-0.2, 0) is 9.84 Å². The molecule has 4 nitrogen and oxygen atoms in total. The summed E-state index contributed by atoms with van der Waals surface area (Å²) in [7, 11) is -3.42. The molecule has 0 fully saturated rings. The van der Waals surface area contributed by atoms with Crippen LogP contribution in [0.3, 0.4) is 0 Å². The highest BCUT2D eigenvalue weighted by atomic mass is 32.2. The molecule has 118 valence electrons. The highest BCUT2D eigenvalue weighted by Gasteiger charge is 2.17. The van der Waals surface area contributed by atoms with Crippen LogP contribution in [0.4, 0.5) is 0 Å². The third kappa shape index (κ3) is 4.31. The summed E-state index contributed by atoms with van der Waals surface area (Å²) in [5.41, 5.74) is 3.77. The summed E-state index contributed by atoms with van der Waals surface area (Å²) < 4.78 is 24.7. The van der Waals surface area contributed by atoms with Crippen LogP contribution in [0.2, 0.25) is 0 Å². The Morgan fingerprint density at radius 1 is 1.18 bits per heavy atom. The molecule has 1 aromatic heterocycles. The molecule has 1 heterocycles. The third-order valence-electron chi connectivity index (χ3n) is 3.40. The number of aromatic nitrogens is 2. The van der Waals surface area contributed by atoms with Crippen LogP contribution >= 0.6 is 0 Å². The van der Waals surface area contributed by atoms with Crippen molar-refractivity contribution in [2.75, 3.05) is 5.75 Å². The van der Waals surface area contributed by atoms with Crippen molar-refractivity contribution in [1.82, 2.24) is 9.97 Å². The minimum absolute atomic E-state index is 0.0204. The van der Waals surface area contributed by atoms with Gasteiger partial charge in [0.15, 0.2) is 0 Å². The number of rotatable bonds is 6. The Hall–Kier alpha value is -1.88. The van der Waals surface area contributed by atoms with Crippen molar-refractivity contribution in [2.45, 2.75) is 38.8 Å². The molecular formula is C17H22N2O2S. The van der Waals surface area contributed by atoms with Crippen molar-refractivity contribution in [3.8, 4) is 0 Å². The number of sulfone groups is 1. The SMILES string of the molecule is CC(C)=CCC/C(C)=C/CS(=O)(=O)c1nc2ccccc2[nH]1. The number of hydrogen-bond acceptors (Lipinski definition) is 3. The van der Waals surface area contributed by atoms with Crippen molar-refractivity contribution < 1.29 is 8.42 Å². The fourth-order valence-corrected chi connectivity index (χ4v) is 3.26. The van der Waals surface area contributed by atoms with Gasteiger partial charge in [0.1, 0.15) is 0 Å². The Labute approximate surface area is 131 Å². The average Bonchev–Trinajstić information content (AvgIpc) is 2.89. The molecule has 0 aliphatic heterocycles. The fraction of sp³-hybridized carbons (Fsp3) is 0.353. The Bertz CT molecular complexity index is 777. The molecule has 0 aliphatic carbocycles. The average molecular weight is 318 g/mol. The van der Waals surface area contributed by atoms with Crippen LogP contribution in [0.5, 0.6) is 0 Å². The quantitative estimate of drug-likeness (QED) is 0.818. The molecule has 2 aromatic rings. The summed E-state index contributed by atoms with van der Waals surface area (Å²) in [4.78, 5) is 7.05. The minimum atomic E-state index is -3.42. The number of para-hydroxylation sites is 2. The van der Waals surface area contributed by atoms with E-state index in [-0.39, 0.29) is 10.9 Å². The van der Waals surface area contributed by atoms with Crippen molar-refractivity contribution in [3.05, 3.63) is 47.6 Å².